The van der Waals surface area contributed by atoms with Crippen molar-refractivity contribution in [3.8, 4) is 0 Å². The SMILES string of the molecule is Cc1cccnc1CNC(=O)N1CCSCC1C(=O)O. The third kappa shape index (κ3) is 3.41. The number of amides is 2. The second-order valence-electron chi connectivity index (χ2n) is 4.55. The number of aliphatic carboxylic acids is 1. The monoisotopic (exact) mass is 295 g/mol. The first-order valence-electron chi connectivity index (χ1n) is 6.35. The molecular weight excluding hydrogens is 278 g/mol. The third-order valence-electron chi connectivity index (χ3n) is 3.20. The van der Waals surface area contributed by atoms with E-state index in [1.807, 2.05) is 19.1 Å². The van der Waals surface area contributed by atoms with Crippen LogP contribution in [0.4, 0.5) is 4.79 Å². The number of urea groups is 1. The molecule has 0 aromatic carbocycles. The van der Waals surface area contributed by atoms with Gasteiger partial charge in [0.15, 0.2) is 0 Å². The molecule has 1 aliphatic heterocycles. The molecule has 1 aromatic heterocycles. The van der Waals surface area contributed by atoms with Crippen molar-refractivity contribution >= 4 is 23.8 Å². The van der Waals surface area contributed by atoms with E-state index in [1.54, 1.807) is 18.0 Å². The molecule has 6 nitrogen and oxygen atoms in total. The molecule has 2 amide bonds. The Bertz CT molecular complexity index is 509. The number of carboxylic acid groups (broad SMARTS) is 1. The summed E-state index contributed by atoms with van der Waals surface area (Å²) in [4.78, 5) is 28.8. The Hall–Kier alpha value is -1.76. The largest absolute Gasteiger partial charge is 0.480 e. The maximum absolute atomic E-state index is 12.1. The van der Waals surface area contributed by atoms with Gasteiger partial charge in [-0.25, -0.2) is 9.59 Å². The fourth-order valence-corrected chi connectivity index (χ4v) is 3.05. The van der Waals surface area contributed by atoms with E-state index in [0.717, 1.165) is 17.0 Å². The van der Waals surface area contributed by atoms with Gasteiger partial charge in [-0.3, -0.25) is 4.98 Å². The number of thioether (sulfide) groups is 1. The van der Waals surface area contributed by atoms with Gasteiger partial charge in [0.25, 0.3) is 0 Å². The number of carbonyl (C=O) groups is 2. The van der Waals surface area contributed by atoms with E-state index in [4.69, 9.17) is 5.11 Å². The lowest BCUT2D eigenvalue weighted by Gasteiger charge is -2.32. The predicted molar refractivity (Wildman–Crippen MR) is 76.7 cm³/mol. The van der Waals surface area contributed by atoms with Gasteiger partial charge in [-0.05, 0) is 18.6 Å². The number of aromatic nitrogens is 1. The van der Waals surface area contributed by atoms with Crippen molar-refractivity contribution in [3.63, 3.8) is 0 Å². The third-order valence-corrected chi connectivity index (χ3v) is 4.22. The van der Waals surface area contributed by atoms with Gasteiger partial charge in [0.2, 0.25) is 0 Å². The fourth-order valence-electron chi connectivity index (χ4n) is 2.02. The lowest BCUT2D eigenvalue weighted by Crippen LogP contribution is -2.53. The van der Waals surface area contributed by atoms with E-state index in [0.29, 0.717) is 18.8 Å². The highest BCUT2D eigenvalue weighted by molar-refractivity contribution is 7.99. The molecule has 7 heteroatoms. The molecule has 2 N–H and O–H groups in total. The molecule has 1 aliphatic rings. The number of carboxylic acids is 1. The van der Waals surface area contributed by atoms with Crippen LogP contribution in [0.5, 0.6) is 0 Å². The summed E-state index contributed by atoms with van der Waals surface area (Å²) in [6, 6.07) is 2.66. The van der Waals surface area contributed by atoms with Crippen molar-refractivity contribution in [1.82, 2.24) is 15.2 Å². The molecule has 1 atom stereocenters. The lowest BCUT2D eigenvalue weighted by molar-refractivity contribution is -0.141. The normalized spacial score (nSPS) is 18.6. The predicted octanol–water partition coefficient (Wildman–Crippen LogP) is 1.10. The summed E-state index contributed by atoms with van der Waals surface area (Å²) in [6.45, 7) is 2.68. The summed E-state index contributed by atoms with van der Waals surface area (Å²) < 4.78 is 0. The van der Waals surface area contributed by atoms with Crippen molar-refractivity contribution in [2.24, 2.45) is 0 Å². The number of hydrogen-bond donors (Lipinski definition) is 2. The van der Waals surface area contributed by atoms with Crippen LogP contribution in [0.2, 0.25) is 0 Å². The highest BCUT2D eigenvalue weighted by atomic mass is 32.2. The molecule has 0 spiro atoms. The molecule has 1 unspecified atom stereocenters. The molecular formula is C13H17N3O3S. The average Bonchev–Trinajstić information content (AvgIpc) is 2.46. The summed E-state index contributed by atoms with van der Waals surface area (Å²) in [6.07, 6.45) is 1.67. The first-order valence-corrected chi connectivity index (χ1v) is 7.50. The molecule has 0 radical (unpaired) electrons. The van der Waals surface area contributed by atoms with Gasteiger partial charge >= 0.3 is 12.0 Å². The van der Waals surface area contributed by atoms with Gasteiger partial charge in [-0.1, -0.05) is 6.07 Å². The molecule has 0 aliphatic carbocycles. The molecule has 1 saturated heterocycles. The Kier molecular flexibility index (Phi) is 4.84. The highest BCUT2D eigenvalue weighted by Crippen LogP contribution is 2.16. The first-order chi connectivity index (χ1) is 9.59. The van der Waals surface area contributed by atoms with E-state index < -0.39 is 12.0 Å². The molecule has 1 aromatic rings. The Labute approximate surface area is 121 Å². The Morgan fingerprint density at radius 2 is 2.40 bits per heavy atom. The fraction of sp³-hybridized carbons (Fsp3) is 0.462. The quantitative estimate of drug-likeness (QED) is 0.872. The number of pyridine rings is 1. The maximum Gasteiger partial charge on any atom is 0.327 e. The number of rotatable bonds is 3. The van der Waals surface area contributed by atoms with E-state index >= 15 is 0 Å². The van der Waals surface area contributed by atoms with Gasteiger partial charge in [0.1, 0.15) is 6.04 Å². The minimum Gasteiger partial charge on any atom is -0.480 e. The Balaban J connectivity index is 1.97. The van der Waals surface area contributed by atoms with Crippen molar-refractivity contribution in [1.29, 1.82) is 0 Å². The van der Waals surface area contributed by atoms with E-state index in [2.05, 4.69) is 10.3 Å². The summed E-state index contributed by atoms with van der Waals surface area (Å²) in [5.41, 5.74) is 1.79. The first kappa shape index (κ1) is 14.6. The van der Waals surface area contributed by atoms with E-state index in [-0.39, 0.29) is 6.03 Å². The second-order valence-corrected chi connectivity index (χ2v) is 5.70. The molecule has 0 saturated carbocycles. The van der Waals surface area contributed by atoms with Gasteiger partial charge in [-0.15, -0.1) is 0 Å². The zero-order valence-electron chi connectivity index (χ0n) is 11.2. The highest BCUT2D eigenvalue weighted by Gasteiger charge is 2.32. The molecule has 0 bridgehead atoms. The van der Waals surface area contributed by atoms with E-state index in [1.165, 1.54) is 4.90 Å². The number of nitrogens with zero attached hydrogens (tertiary/aromatic N) is 2. The van der Waals surface area contributed by atoms with Crippen LogP contribution in [0.1, 0.15) is 11.3 Å². The van der Waals surface area contributed by atoms with Gasteiger partial charge < -0.3 is 15.3 Å². The number of hydrogen-bond acceptors (Lipinski definition) is 4. The van der Waals surface area contributed by atoms with Crippen molar-refractivity contribution in [3.05, 3.63) is 29.6 Å². The number of aryl methyl sites for hydroxylation is 1. The average molecular weight is 295 g/mol. The number of nitrogens with one attached hydrogen (secondary N) is 1. The van der Waals surface area contributed by atoms with Crippen LogP contribution in [0, 0.1) is 6.92 Å². The van der Waals surface area contributed by atoms with Crippen molar-refractivity contribution in [2.75, 3.05) is 18.1 Å². The lowest BCUT2D eigenvalue weighted by atomic mass is 10.2. The van der Waals surface area contributed by atoms with Gasteiger partial charge in [0.05, 0.1) is 12.2 Å². The molecule has 1 fully saturated rings. The minimum absolute atomic E-state index is 0.307. The smallest absolute Gasteiger partial charge is 0.327 e. The van der Waals surface area contributed by atoms with Crippen molar-refractivity contribution in [2.45, 2.75) is 19.5 Å². The number of carbonyl (C=O) groups excluding carboxylic acids is 1. The Morgan fingerprint density at radius 1 is 1.60 bits per heavy atom. The maximum atomic E-state index is 12.1. The molecule has 2 rings (SSSR count). The summed E-state index contributed by atoms with van der Waals surface area (Å²) >= 11 is 1.55. The summed E-state index contributed by atoms with van der Waals surface area (Å²) in [5, 5.41) is 11.9. The zero-order valence-corrected chi connectivity index (χ0v) is 12.0. The van der Waals surface area contributed by atoms with Gasteiger partial charge in [-0.2, -0.15) is 11.8 Å². The van der Waals surface area contributed by atoms with Crippen LogP contribution in [-0.4, -0.2) is 51.1 Å². The van der Waals surface area contributed by atoms with Gasteiger partial charge in [0, 0.05) is 24.2 Å². The standard InChI is InChI=1S/C13H17N3O3S/c1-9-3-2-4-14-10(9)7-15-13(19)16-5-6-20-8-11(16)12(17)18/h2-4,11H,5-8H2,1H3,(H,15,19)(H,17,18). The van der Waals surface area contributed by atoms with Crippen LogP contribution in [-0.2, 0) is 11.3 Å². The van der Waals surface area contributed by atoms with Crippen LogP contribution >= 0.6 is 11.8 Å². The van der Waals surface area contributed by atoms with Crippen LogP contribution < -0.4 is 5.32 Å². The van der Waals surface area contributed by atoms with E-state index in [9.17, 15) is 9.59 Å². The molecule has 20 heavy (non-hydrogen) atoms. The second kappa shape index (κ2) is 6.60. The summed E-state index contributed by atoms with van der Waals surface area (Å²) in [7, 11) is 0. The Morgan fingerprint density at radius 3 is 3.10 bits per heavy atom. The molecule has 2 heterocycles. The van der Waals surface area contributed by atoms with Crippen LogP contribution in [0.25, 0.3) is 0 Å². The zero-order chi connectivity index (χ0) is 14.5. The van der Waals surface area contributed by atoms with Crippen molar-refractivity contribution < 1.29 is 14.7 Å². The molecule has 108 valence electrons. The minimum atomic E-state index is -0.957. The van der Waals surface area contributed by atoms with Crippen LogP contribution in [0.15, 0.2) is 18.3 Å². The summed E-state index contributed by atoms with van der Waals surface area (Å²) in [5.74, 6) is 0.243. The van der Waals surface area contributed by atoms with Crippen LogP contribution in [0.3, 0.4) is 0 Å². The topological polar surface area (TPSA) is 82.5 Å².